The summed E-state index contributed by atoms with van der Waals surface area (Å²) in [5.41, 5.74) is 1.03. The summed E-state index contributed by atoms with van der Waals surface area (Å²) in [5.74, 6) is -0.913. The summed E-state index contributed by atoms with van der Waals surface area (Å²) in [7, 11) is 0. The lowest BCUT2D eigenvalue weighted by molar-refractivity contribution is -0.146. The normalized spacial score (nSPS) is 14.1. The van der Waals surface area contributed by atoms with Gasteiger partial charge in [0.2, 0.25) is 0 Å². The van der Waals surface area contributed by atoms with Crippen LogP contribution in [-0.2, 0) is 16.1 Å². The van der Waals surface area contributed by atoms with Gasteiger partial charge < -0.3 is 10.2 Å². The second-order valence-electron chi connectivity index (χ2n) is 4.55. The van der Waals surface area contributed by atoms with Gasteiger partial charge in [-0.3, -0.25) is 9.59 Å². The molecule has 1 N–H and O–H groups in total. The topological polar surface area (TPSA) is 49.4 Å². The highest BCUT2D eigenvalue weighted by atomic mass is 16.2. The number of benzene rings is 1. The smallest absolute Gasteiger partial charge is 0.312 e. The monoisotopic (exact) mass is 246 g/mol. The first-order valence-electron chi connectivity index (χ1n) is 6.34. The highest BCUT2D eigenvalue weighted by Gasteiger charge is 2.28. The van der Waals surface area contributed by atoms with Crippen molar-refractivity contribution in [1.29, 1.82) is 0 Å². The third-order valence-corrected chi connectivity index (χ3v) is 2.99. The van der Waals surface area contributed by atoms with E-state index in [9.17, 15) is 9.59 Å². The number of carbonyl (C=O) groups excluding carboxylic acids is 2. The van der Waals surface area contributed by atoms with Gasteiger partial charge in [0.15, 0.2) is 0 Å². The van der Waals surface area contributed by atoms with Gasteiger partial charge in [0, 0.05) is 19.1 Å². The van der Waals surface area contributed by atoms with Crippen molar-refractivity contribution in [3.05, 3.63) is 35.9 Å². The Labute approximate surface area is 107 Å². The summed E-state index contributed by atoms with van der Waals surface area (Å²) in [4.78, 5) is 25.2. The molecular formula is C14H18N2O2. The fourth-order valence-corrected chi connectivity index (χ4v) is 1.75. The third kappa shape index (κ3) is 3.32. The summed E-state index contributed by atoms with van der Waals surface area (Å²) in [6.45, 7) is 2.89. The minimum Gasteiger partial charge on any atom is -0.345 e. The molecule has 96 valence electrons. The summed E-state index contributed by atoms with van der Waals surface area (Å²) in [6, 6.07) is 9.91. The number of hydrogen-bond donors (Lipinski definition) is 1. The van der Waals surface area contributed by atoms with E-state index in [4.69, 9.17) is 0 Å². The molecule has 1 aromatic rings. The lowest BCUT2D eigenvalue weighted by Crippen LogP contribution is -2.43. The van der Waals surface area contributed by atoms with Crippen LogP contribution in [0.1, 0.15) is 25.3 Å². The Hall–Kier alpha value is -1.84. The first-order chi connectivity index (χ1) is 8.70. The van der Waals surface area contributed by atoms with Crippen LogP contribution in [0.15, 0.2) is 30.3 Å². The molecule has 2 amide bonds. The van der Waals surface area contributed by atoms with Crippen LogP contribution in [0.3, 0.4) is 0 Å². The number of carbonyl (C=O) groups is 2. The summed E-state index contributed by atoms with van der Waals surface area (Å²) >= 11 is 0. The van der Waals surface area contributed by atoms with Crippen LogP contribution in [0.2, 0.25) is 0 Å². The van der Waals surface area contributed by atoms with Gasteiger partial charge in [-0.2, -0.15) is 0 Å². The van der Waals surface area contributed by atoms with E-state index in [0.29, 0.717) is 13.1 Å². The zero-order valence-electron chi connectivity index (χ0n) is 10.6. The molecular weight excluding hydrogens is 228 g/mol. The van der Waals surface area contributed by atoms with E-state index >= 15 is 0 Å². The molecule has 0 atom stereocenters. The molecule has 4 heteroatoms. The number of nitrogens with zero attached hydrogens (tertiary/aromatic N) is 1. The summed E-state index contributed by atoms with van der Waals surface area (Å²) in [6.07, 6.45) is 1.98. The van der Waals surface area contributed by atoms with Gasteiger partial charge in [-0.25, -0.2) is 0 Å². The van der Waals surface area contributed by atoms with Gasteiger partial charge >= 0.3 is 11.8 Å². The summed E-state index contributed by atoms with van der Waals surface area (Å²) in [5, 5.41) is 2.72. The average Bonchev–Trinajstić information content (AvgIpc) is 3.20. The van der Waals surface area contributed by atoms with Crippen LogP contribution in [0, 0.1) is 0 Å². The van der Waals surface area contributed by atoms with Crippen LogP contribution in [0.25, 0.3) is 0 Å². The Morgan fingerprint density at radius 3 is 2.50 bits per heavy atom. The van der Waals surface area contributed by atoms with Crippen molar-refractivity contribution in [2.45, 2.75) is 32.4 Å². The van der Waals surface area contributed by atoms with E-state index in [1.165, 1.54) is 0 Å². The SMILES string of the molecule is CCN(Cc1ccccc1)C(=O)C(=O)NC1CC1. The fraction of sp³-hybridized carbons (Fsp3) is 0.429. The minimum absolute atomic E-state index is 0.219. The molecule has 2 rings (SSSR count). The Morgan fingerprint density at radius 2 is 1.94 bits per heavy atom. The number of rotatable bonds is 4. The number of likely N-dealkylation sites (N-methyl/N-ethyl adjacent to an activating group) is 1. The van der Waals surface area contributed by atoms with E-state index in [1.807, 2.05) is 37.3 Å². The molecule has 0 radical (unpaired) electrons. The Morgan fingerprint density at radius 1 is 1.28 bits per heavy atom. The van der Waals surface area contributed by atoms with Gasteiger partial charge in [-0.05, 0) is 25.3 Å². The number of nitrogens with one attached hydrogen (secondary N) is 1. The van der Waals surface area contributed by atoms with E-state index in [0.717, 1.165) is 18.4 Å². The van der Waals surface area contributed by atoms with Crippen LogP contribution in [0.5, 0.6) is 0 Å². The molecule has 1 fully saturated rings. The van der Waals surface area contributed by atoms with Crippen molar-refractivity contribution in [3.8, 4) is 0 Å². The first-order valence-corrected chi connectivity index (χ1v) is 6.34. The quantitative estimate of drug-likeness (QED) is 0.814. The van der Waals surface area contributed by atoms with Gasteiger partial charge in [0.05, 0.1) is 0 Å². The number of amides is 2. The molecule has 0 unspecified atom stereocenters. The third-order valence-electron chi connectivity index (χ3n) is 2.99. The maximum absolute atomic E-state index is 12.0. The predicted molar refractivity (Wildman–Crippen MR) is 68.7 cm³/mol. The van der Waals surface area contributed by atoms with Crippen molar-refractivity contribution < 1.29 is 9.59 Å². The molecule has 0 aliphatic heterocycles. The number of hydrogen-bond acceptors (Lipinski definition) is 2. The Bertz CT molecular complexity index is 427. The van der Waals surface area contributed by atoms with E-state index in [1.54, 1.807) is 4.90 Å². The molecule has 0 spiro atoms. The average molecular weight is 246 g/mol. The van der Waals surface area contributed by atoms with E-state index in [-0.39, 0.29) is 6.04 Å². The fourth-order valence-electron chi connectivity index (χ4n) is 1.75. The molecule has 1 aromatic carbocycles. The van der Waals surface area contributed by atoms with Gasteiger partial charge in [0.25, 0.3) is 0 Å². The Balaban J connectivity index is 1.94. The molecule has 1 aliphatic carbocycles. The zero-order valence-corrected chi connectivity index (χ0v) is 10.6. The molecule has 0 heterocycles. The van der Waals surface area contributed by atoms with Gasteiger partial charge in [-0.15, -0.1) is 0 Å². The Kier molecular flexibility index (Phi) is 3.97. The maximum atomic E-state index is 12.0. The van der Waals surface area contributed by atoms with Crippen molar-refractivity contribution in [1.82, 2.24) is 10.2 Å². The van der Waals surface area contributed by atoms with Crippen molar-refractivity contribution in [2.24, 2.45) is 0 Å². The molecule has 1 saturated carbocycles. The predicted octanol–water partition coefficient (Wildman–Crippen LogP) is 1.31. The standard InChI is InChI=1S/C14H18N2O2/c1-2-16(10-11-6-4-3-5-7-11)14(18)13(17)15-12-8-9-12/h3-7,12H,2,8-10H2,1H3,(H,15,17). The molecule has 0 saturated heterocycles. The maximum Gasteiger partial charge on any atom is 0.312 e. The first kappa shape index (κ1) is 12.6. The molecule has 18 heavy (non-hydrogen) atoms. The van der Waals surface area contributed by atoms with E-state index in [2.05, 4.69) is 5.32 Å². The lowest BCUT2D eigenvalue weighted by Gasteiger charge is -2.20. The van der Waals surface area contributed by atoms with E-state index < -0.39 is 11.8 Å². The van der Waals surface area contributed by atoms with Gasteiger partial charge in [-0.1, -0.05) is 30.3 Å². The molecule has 1 aliphatic rings. The van der Waals surface area contributed by atoms with Crippen LogP contribution >= 0.6 is 0 Å². The molecule has 0 aromatic heterocycles. The van der Waals surface area contributed by atoms with Crippen LogP contribution < -0.4 is 5.32 Å². The summed E-state index contributed by atoms with van der Waals surface area (Å²) < 4.78 is 0. The highest BCUT2D eigenvalue weighted by Crippen LogP contribution is 2.18. The second-order valence-corrected chi connectivity index (χ2v) is 4.55. The van der Waals surface area contributed by atoms with Crippen LogP contribution in [-0.4, -0.2) is 29.3 Å². The zero-order chi connectivity index (χ0) is 13.0. The van der Waals surface area contributed by atoms with Crippen molar-refractivity contribution in [2.75, 3.05) is 6.54 Å². The van der Waals surface area contributed by atoms with Crippen molar-refractivity contribution in [3.63, 3.8) is 0 Å². The minimum atomic E-state index is -0.477. The lowest BCUT2D eigenvalue weighted by atomic mass is 10.2. The van der Waals surface area contributed by atoms with Crippen LogP contribution in [0.4, 0.5) is 0 Å². The largest absolute Gasteiger partial charge is 0.345 e. The highest BCUT2D eigenvalue weighted by molar-refractivity contribution is 6.35. The second kappa shape index (κ2) is 5.67. The molecule has 4 nitrogen and oxygen atoms in total. The van der Waals surface area contributed by atoms with Crippen molar-refractivity contribution >= 4 is 11.8 Å². The van der Waals surface area contributed by atoms with Gasteiger partial charge in [0.1, 0.15) is 0 Å². The molecule has 0 bridgehead atoms.